The van der Waals surface area contributed by atoms with Crippen LogP contribution < -0.4 is 10.6 Å². The van der Waals surface area contributed by atoms with Crippen molar-refractivity contribution in [3.8, 4) is 0 Å². The van der Waals surface area contributed by atoms with E-state index in [4.69, 9.17) is 9.31 Å². The van der Waals surface area contributed by atoms with E-state index in [1.54, 1.807) is 14.1 Å². The molecule has 2 N–H and O–H groups in total. The zero-order chi connectivity index (χ0) is 31.7. The Morgan fingerprint density at radius 2 is 1.72 bits per heavy atom. The number of rotatable bonds is 12. The first kappa shape index (κ1) is 33.2. The topological polar surface area (TPSA) is 160 Å². The Kier molecular flexibility index (Phi) is 11.4. The van der Waals surface area contributed by atoms with Crippen molar-refractivity contribution >= 4 is 36.7 Å². The van der Waals surface area contributed by atoms with Gasteiger partial charge in [-0.1, -0.05) is 44.2 Å². The highest BCUT2D eigenvalue weighted by molar-refractivity contribution is 6.50. The summed E-state index contributed by atoms with van der Waals surface area (Å²) in [6.45, 7) is 3.82. The maximum Gasteiger partial charge on any atom is 0.552 e. The highest BCUT2D eigenvalue weighted by Crippen LogP contribution is 2.32. The summed E-state index contributed by atoms with van der Waals surface area (Å²) < 4.78 is 11.7. The number of likely N-dealkylation sites (N-methyl/N-ethyl adjacent to an activating group) is 1. The van der Waals surface area contributed by atoms with Crippen molar-refractivity contribution in [2.75, 3.05) is 28.2 Å². The summed E-state index contributed by atoms with van der Waals surface area (Å²) >= 11 is 0. The minimum atomic E-state index is -1.82. The number of nitrogens with one attached hydrogen (secondary N) is 2. The molecule has 1 fully saturated rings. The van der Waals surface area contributed by atoms with Gasteiger partial charge < -0.3 is 29.7 Å². The molecule has 0 radical (unpaired) electrons. The minimum absolute atomic E-state index is 0.00126. The van der Waals surface area contributed by atoms with Crippen LogP contribution in [0.25, 0.3) is 0 Å². The van der Waals surface area contributed by atoms with E-state index in [1.807, 2.05) is 44.2 Å². The van der Waals surface area contributed by atoms with Crippen LogP contribution in [0.3, 0.4) is 0 Å². The van der Waals surface area contributed by atoms with Crippen molar-refractivity contribution in [3.63, 3.8) is 0 Å². The van der Waals surface area contributed by atoms with Crippen LogP contribution in [0.4, 0.5) is 0 Å². The predicted molar refractivity (Wildman–Crippen MR) is 157 cm³/mol. The SMILES string of the molecule is CC(C)C[C@H](NC(=O)C(Cc1ccccc1)NC(=O)c1cnccn1)B1OC(=O)CC(CC(=O)N(C)C)(C(=O)N(C)C)O1. The molecule has 13 nitrogen and oxygen atoms in total. The molecule has 0 spiro atoms. The van der Waals surface area contributed by atoms with Gasteiger partial charge in [0.2, 0.25) is 11.8 Å². The summed E-state index contributed by atoms with van der Waals surface area (Å²) in [4.78, 5) is 76.4. The van der Waals surface area contributed by atoms with Crippen LogP contribution in [-0.4, -0.2) is 102 Å². The second-order valence-electron chi connectivity index (χ2n) is 11.4. The summed E-state index contributed by atoms with van der Waals surface area (Å²) in [6, 6.07) is 8.09. The lowest BCUT2D eigenvalue weighted by Crippen LogP contribution is -2.64. The van der Waals surface area contributed by atoms with Crippen molar-refractivity contribution in [1.29, 1.82) is 0 Å². The van der Waals surface area contributed by atoms with E-state index in [0.717, 1.165) is 5.56 Å². The predicted octanol–water partition coefficient (Wildman–Crippen LogP) is 0.645. The highest BCUT2D eigenvalue weighted by atomic mass is 16.6. The van der Waals surface area contributed by atoms with Crippen LogP contribution in [-0.2, 0) is 34.9 Å². The number of nitrogens with zero attached hydrogens (tertiary/aromatic N) is 4. The lowest BCUT2D eigenvalue weighted by Gasteiger charge is -2.41. The quantitative estimate of drug-likeness (QED) is 0.336. The molecule has 1 aromatic heterocycles. The van der Waals surface area contributed by atoms with Crippen LogP contribution >= 0.6 is 0 Å². The first-order chi connectivity index (χ1) is 20.3. The van der Waals surface area contributed by atoms with E-state index in [1.165, 1.54) is 42.5 Å². The second kappa shape index (κ2) is 14.7. The lowest BCUT2D eigenvalue weighted by atomic mass is 9.70. The molecule has 0 aliphatic carbocycles. The molecule has 1 aliphatic heterocycles. The van der Waals surface area contributed by atoms with Crippen molar-refractivity contribution < 1.29 is 33.3 Å². The Morgan fingerprint density at radius 3 is 2.30 bits per heavy atom. The van der Waals surface area contributed by atoms with Crippen LogP contribution in [0.2, 0.25) is 0 Å². The van der Waals surface area contributed by atoms with E-state index >= 15 is 0 Å². The molecule has 2 unspecified atom stereocenters. The fourth-order valence-corrected chi connectivity index (χ4v) is 4.71. The summed E-state index contributed by atoms with van der Waals surface area (Å²) in [5, 5.41) is 5.61. The summed E-state index contributed by atoms with van der Waals surface area (Å²) in [5.41, 5.74) is -0.996. The fourth-order valence-electron chi connectivity index (χ4n) is 4.71. The summed E-state index contributed by atoms with van der Waals surface area (Å²) in [7, 11) is 4.71. The van der Waals surface area contributed by atoms with Gasteiger partial charge in [0, 0.05) is 47.0 Å². The molecule has 3 atom stereocenters. The molecule has 3 rings (SSSR count). The Balaban J connectivity index is 1.92. The first-order valence-corrected chi connectivity index (χ1v) is 14.0. The summed E-state index contributed by atoms with van der Waals surface area (Å²) in [6.07, 6.45) is 3.69. The van der Waals surface area contributed by atoms with Crippen molar-refractivity contribution in [2.24, 2.45) is 5.92 Å². The van der Waals surface area contributed by atoms with Gasteiger partial charge in [0.1, 0.15) is 11.7 Å². The molecular weight excluding hydrogens is 555 g/mol. The maximum atomic E-state index is 13.8. The van der Waals surface area contributed by atoms with Gasteiger partial charge in [0.05, 0.1) is 25.0 Å². The van der Waals surface area contributed by atoms with E-state index in [-0.39, 0.29) is 18.0 Å². The maximum absolute atomic E-state index is 13.8. The lowest BCUT2D eigenvalue weighted by molar-refractivity contribution is -0.167. The monoisotopic (exact) mass is 594 g/mol. The van der Waals surface area contributed by atoms with Gasteiger partial charge >= 0.3 is 7.12 Å². The number of benzene rings is 1. The van der Waals surface area contributed by atoms with Crippen LogP contribution in [0.15, 0.2) is 48.9 Å². The zero-order valence-electron chi connectivity index (χ0n) is 25.4. The third-order valence-electron chi connectivity index (χ3n) is 6.83. The number of carbonyl (C=O) groups excluding carboxylic acids is 5. The molecule has 0 bridgehead atoms. The van der Waals surface area contributed by atoms with Crippen molar-refractivity contribution in [1.82, 2.24) is 30.4 Å². The number of hydrogen-bond donors (Lipinski definition) is 2. The zero-order valence-corrected chi connectivity index (χ0v) is 25.4. The Labute approximate surface area is 251 Å². The molecule has 1 aliphatic rings. The molecular formula is C29H39BN6O7. The van der Waals surface area contributed by atoms with Crippen LogP contribution in [0, 0.1) is 5.92 Å². The molecule has 43 heavy (non-hydrogen) atoms. The second-order valence-corrected chi connectivity index (χ2v) is 11.4. The Morgan fingerprint density at radius 1 is 1.02 bits per heavy atom. The van der Waals surface area contributed by atoms with Gasteiger partial charge in [0.25, 0.3) is 17.8 Å². The van der Waals surface area contributed by atoms with Gasteiger partial charge in [-0.05, 0) is 17.9 Å². The molecule has 1 saturated heterocycles. The number of hydrogen-bond acceptors (Lipinski definition) is 9. The first-order valence-electron chi connectivity index (χ1n) is 14.0. The molecule has 1 aromatic carbocycles. The summed E-state index contributed by atoms with van der Waals surface area (Å²) in [5.74, 6) is -3.79. The van der Waals surface area contributed by atoms with E-state index in [0.29, 0.717) is 6.42 Å². The van der Waals surface area contributed by atoms with Gasteiger partial charge in [-0.25, -0.2) is 4.98 Å². The third-order valence-corrected chi connectivity index (χ3v) is 6.83. The molecule has 4 amide bonds. The van der Waals surface area contributed by atoms with Crippen LogP contribution in [0.1, 0.15) is 49.2 Å². The average Bonchev–Trinajstić information content (AvgIpc) is 2.96. The van der Waals surface area contributed by atoms with E-state index < -0.39 is 67.1 Å². The highest BCUT2D eigenvalue weighted by Gasteiger charge is 2.55. The Hall–Kier alpha value is -4.33. The standard InChI is InChI=1S/C29H39BN6O7/c1-19(2)14-23(30-42-25(38)17-29(43-30,28(41)36(5)6)16-24(37)35(3)4)34-26(39)21(15-20-10-8-7-9-11-20)33-27(40)22-18-31-12-13-32-22/h7-13,18-19,21,23H,14-17H2,1-6H3,(H,33,40)(H,34,39)/t21?,23-,29?/m0/s1. The van der Waals surface area contributed by atoms with Gasteiger partial charge in [0.15, 0.2) is 5.60 Å². The molecule has 230 valence electrons. The Bertz CT molecular complexity index is 1290. The van der Waals surface area contributed by atoms with Crippen LogP contribution in [0.5, 0.6) is 0 Å². The molecule has 0 saturated carbocycles. The van der Waals surface area contributed by atoms with Crippen molar-refractivity contribution in [3.05, 3.63) is 60.2 Å². The third kappa shape index (κ3) is 9.08. The fraction of sp³-hybridized carbons (Fsp3) is 0.483. The largest absolute Gasteiger partial charge is 0.552 e. The molecule has 2 aromatic rings. The number of amides is 4. The van der Waals surface area contributed by atoms with E-state index in [2.05, 4.69) is 20.6 Å². The van der Waals surface area contributed by atoms with Gasteiger partial charge in [-0.3, -0.25) is 29.0 Å². The minimum Gasteiger partial charge on any atom is -0.508 e. The normalized spacial score (nSPS) is 17.8. The van der Waals surface area contributed by atoms with Crippen molar-refractivity contribution in [2.45, 2.75) is 57.1 Å². The average molecular weight is 594 g/mol. The smallest absolute Gasteiger partial charge is 0.508 e. The molecule has 14 heteroatoms. The molecule has 2 heterocycles. The number of aromatic nitrogens is 2. The van der Waals surface area contributed by atoms with Gasteiger partial charge in [-0.2, -0.15) is 0 Å². The van der Waals surface area contributed by atoms with E-state index in [9.17, 15) is 24.0 Å². The van der Waals surface area contributed by atoms with Gasteiger partial charge in [-0.15, -0.1) is 0 Å². The number of carbonyl (C=O) groups is 5.